The van der Waals surface area contributed by atoms with E-state index in [0.717, 1.165) is 19.3 Å². The molecule has 1 aromatic rings. The summed E-state index contributed by atoms with van der Waals surface area (Å²) in [6.07, 6.45) is 2.51. The Morgan fingerprint density at radius 1 is 1.25 bits per heavy atom. The molecule has 0 aliphatic heterocycles. The quantitative estimate of drug-likeness (QED) is 0.820. The molecule has 1 atom stereocenters. The summed E-state index contributed by atoms with van der Waals surface area (Å²) in [7, 11) is 0. The molecule has 0 radical (unpaired) electrons. The molecular formula is C15H24O. The van der Waals surface area contributed by atoms with Crippen LogP contribution in [0, 0.1) is 0 Å². The molecule has 0 saturated carbocycles. The molecule has 0 aliphatic carbocycles. The lowest BCUT2D eigenvalue weighted by Crippen LogP contribution is -2.13. The van der Waals surface area contributed by atoms with E-state index in [1.165, 1.54) is 11.1 Å². The van der Waals surface area contributed by atoms with Gasteiger partial charge in [0.25, 0.3) is 0 Å². The Morgan fingerprint density at radius 2 is 1.94 bits per heavy atom. The second-order valence-corrected chi connectivity index (χ2v) is 5.60. The Morgan fingerprint density at radius 3 is 2.50 bits per heavy atom. The maximum atomic E-state index is 9.80. The van der Waals surface area contributed by atoms with Crippen molar-refractivity contribution < 1.29 is 5.11 Å². The topological polar surface area (TPSA) is 20.2 Å². The number of aliphatic hydroxyl groups is 1. The predicted molar refractivity (Wildman–Crippen MR) is 69.8 cm³/mol. The lowest BCUT2D eigenvalue weighted by molar-refractivity contribution is 0.164. The largest absolute Gasteiger partial charge is 0.393 e. The summed E-state index contributed by atoms with van der Waals surface area (Å²) in [5, 5.41) is 9.80. The monoisotopic (exact) mass is 220 g/mol. The summed E-state index contributed by atoms with van der Waals surface area (Å²) in [4.78, 5) is 0. The highest BCUT2D eigenvalue weighted by atomic mass is 16.3. The normalized spacial score (nSPS) is 13.8. The molecule has 16 heavy (non-hydrogen) atoms. The van der Waals surface area contributed by atoms with Gasteiger partial charge >= 0.3 is 0 Å². The van der Waals surface area contributed by atoms with Gasteiger partial charge in [0.1, 0.15) is 0 Å². The summed E-state index contributed by atoms with van der Waals surface area (Å²) >= 11 is 0. The van der Waals surface area contributed by atoms with Crippen LogP contribution in [0.15, 0.2) is 24.3 Å². The van der Waals surface area contributed by atoms with Crippen LogP contribution in [-0.4, -0.2) is 11.2 Å². The predicted octanol–water partition coefficient (Wildman–Crippen LogP) is 3.69. The van der Waals surface area contributed by atoms with Gasteiger partial charge in [0.2, 0.25) is 0 Å². The Balaban J connectivity index is 2.75. The second-order valence-electron chi connectivity index (χ2n) is 5.60. The fraction of sp³-hybridized carbons (Fsp3) is 0.600. The average Bonchev–Trinajstić information content (AvgIpc) is 2.17. The van der Waals surface area contributed by atoms with Crippen LogP contribution in [0.5, 0.6) is 0 Å². The molecule has 0 unspecified atom stereocenters. The summed E-state index contributed by atoms with van der Waals surface area (Å²) in [5.74, 6) is 0. The number of aliphatic hydroxyl groups excluding tert-OH is 1. The number of hydrogen-bond donors (Lipinski definition) is 1. The summed E-state index contributed by atoms with van der Waals surface area (Å²) in [6, 6.07) is 8.58. The van der Waals surface area contributed by atoms with E-state index in [1.54, 1.807) is 0 Å². The first-order valence-electron chi connectivity index (χ1n) is 6.21. The van der Waals surface area contributed by atoms with Gasteiger partial charge < -0.3 is 5.11 Å². The van der Waals surface area contributed by atoms with E-state index in [4.69, 9.17) is 0 Å². The maximum absolute atomic E-state index is 9.80. The smallest absolute Gasteiger partial charge is 0.0580 e. The number of benzene rings is 1. The number of rotatable bonds is 4. The minimum Gasteiger partial charge on any atom is -0.393 e. The van der Waals surface area contributed by atoms with Crippen LogP contribution in [0.25, 0.3) is 0 Å². The lowest BCUT2D eigenvalue weighted by Gasteiger charge is -2.20. The molecule has 0 amide bonds. The van der Waals surface area contributed by atoms with Gasteiger partial charge in [-0.2, -0.15) is 0 Å². The lowest BCUT2D eigenvalue weighted by atomic mass is 9.85. The third kappa shape index (κ3) is 3.97. The van der Waals surface area contributed by atoms with Gasteiger partial charge in [-0.1, -0.05) is 58.4 Å². The number of hydrogen-bond acceptors (Lipinski definition) is 1. The van der Waals surface area contributed by atoms with Crippen molar-refractivity contribution in [2.75, 3.05) is 0 Å². The zero-order valence-electron chi connectivity index (χ0n) is 11.0. The van der Waals surface area contributed by atoms with Crippen molar-refractivity contribution >= 4 is 0 Å². The summed E-state index contributed by atoms with van der Waals surface area (Å²) in [6.45, 7) is 8.76. The van der Waals surface area contributed by atoms with Crippen molar-refractivity contribution in [3.63, 3.8) is 0 Å². The van der Waals surface area contributed by atoms with Gasteiger partial charge in [0.15, 0.2) is 0 Å². The Kier molecular flexibility index (Phi) is 4.55. The van der Waals surface area contributed by atoms with E-state index in [-0.39, 0.29) is 11.5 Å². The third-order valence-corrected chi connectivity index (χ3v) is 2.89. The highest BCUT2D eigenvalue weighted by Crippen LogP contribution is 2.23. The second kappa shape index (κ2) is 5.49. The van der Waals surface area contributed by atoms with Crippen molar-refractivity contribution in [2.24, 2.45) is 0 Å². The highest BCUT2D eigenvalue weighted by molar-refractivity contribution is 5.28. The molecule has 90 valence electrons. The summed E-state index contributed by atoms with van der Waals surface area (Å²) < 4.78 is 0. The van der Waals surface area contributed by atoms with Crippen LogP contribution in [0.3, 0.4) is 0 Å². The molecule has 0 spiro atoms. The van der Waals surface area contributed by atoms with E-state index in [2.05, 4.69) is 52.0 Å². The zero-order chi connectivity index (χ0) is 12.2. The highest BCUT2D eigenvalue weighted by Gasteiger charge is 2.14. The first-order chi connectivity index (χ1) is 7.43. The van der Waals surface area contributed by atoms with Crippen molar-refractivity contribution in [3.8, 4) is 0 Å². The van der Waals surface area contributed by atoms with Gasteiger partial charge in [-0.05, 0) is 29.4 Å². The van der Waals surface area contributed by atoms with Crippen LogP contribution in [0.2, 0.25) is 0 Å². The maximum Gasteiger partial charge on any atom is 0.0580 e. The van der Waals surface area contributed by atoms with Gasteiger partial charge in [-0.25, -0.2) is 0 Å². The molecule has 1 nitrogen and oxygen atoms in total. The molecule has 0 fully saturated rings. The van der Waals surface area contributed by atoms with Crippen molar-refractivity contribution in [1.29, 1.82) is 0 Å². The Bertz CT molecular complexity index is 322. The van der Waals surface area contributed by atoms with E-state index in [1.807, 2.05) is 0 Å². The molecule has 1 N–H and O–H groups in total. The van der Waals surface area contributed by atoms with Crippen LogP contribution in [0.1, 0.15) is 51.7 Å². The standard InChI is InChI=1S/C15H24O/c1-5-7-14(16)11-12-8-6-9-13(10-12)15(2,3)4/h6,8-10,14,16H,5,7,11H2,1-4H3/t14-/m0/s1. The van der Waals surface area contributed by atoms with E-state index >= 15 is 0 Å². The molecule has 1 heteroatoms. The van der Waals surface area contributed by atoms with Crippen molar-refractivity contribution in [2.45, 2.75) is 58.5 Å². The van der Waals surface area contributed by atoms with Crippen molar-refractivity contribution in [1.82, 2.24) is 0 Å². The minimum absolute atomic E-state index is 0.186. The molecule has 1 aromatic carbocycles. The first kappa shape index (κ1) is 13.2. The molecule has 0 saturated heterocycles. The molecule has 0 heterocycles. The van der Waals surface area contributed by atoms with Crippen molar-refractivity contribution in [3.05, 3.63) is 35.4 Å². The molecule has 0 aliphatic rings. The Labute approximate surface area is 99.5 Å². The van der Waals surface area contributed by atoms with Gasteiger partial charge in [0.05, 0.1) is 6.10 Å². The van der Waals surface area contributed by atoms with E-state index in [0.29, 0.717) is 0 Å². The van der Waals surface area contributed by atoms with Gasteiger partial charge in [0, 0.05) is 0 Å². The zero-order valence-corrected chi connectivity index (χ0v) is 11.0. The van der Waals surface area contributed by atoms with Gasteiger partial charge in [-0.3, -0.25) is 0 Å². The Hall–Kier alpha value is -0.820. The van der Waals surface area contributed by atoms with Crippen LogP contribution >= 0.6 is 0 Å². The minimum atomic E-state index is -0.194. The molecule has 0 aromatic heterocycles. The first-order valence-corrected chi connectivity index (χ1v) is 6.21. The van der Waals surface area contributed by atoms with Crippen LogP contribution in [-0.2, 0) is 11.8 Å². The molecule has 1 rings (SSSR count). The van der Waals surface area contributed by atoms with Crippen LogP contribution in [0.4, 0.5) is 0 Å². The average molecular weight is 220 g/mol. The summed E-state index contributed by atoms with van der Waals surface area (Å²) in [5.41, 5.74) is 2.77. The molecule has 0 bridgehead atoms. The van der Waals surface area contributed by atoms with Gasteiger partial charge in [-0.15, -0.1) is 0 Å². The molecular weight excluding hydrogens is 196 g/mol. The van der Waals surface area contributed by atoms with E-state index < -0.39 is 0 Å². The third-order valence-electron chi connectivity index (χ3n) is 2.89. The van der Waals surface area contributed by atoms with Crippen LogP contribution < -0.4 is 0 Å². The SMILES string of the molecule is CCC[C@H](O)Cc1cccc(C(C)(C)C)c1. The fourth-order valence-corrected chi connectivity index (χ4v) is 1.87. The van der Waals surface area contributed by atoms with E-state index in [9.17, 15) is 5.11 Å². The fourth-order valence-electron chi connectivity index (χ4n) is 1.87.